The third-order valence-corrected chi connectivity index (χ3v) is 4.97. The van der Waals surface area contributed by atoms with Crippen LogP contribution in [0.5, 0.6) is 5.75 Å². The third-order valence-electron chi connectivity index (χ3n) is 2.95. The van der Waals surface area contributed by atoms with Crippen LogP contribution in [0.3, 0.4) is 0 Å². The molecular formula is C15H22O2Si. The van der Waals surface area contributed by atoms with Crippen molar-refractivity contribution in [1.82, 2.24) is 0 Å². The number of hydrogen-bond acceptors (Lipinski definition) is 2. The van der Waals surface area contributed by atoms with Crippen LogP contribution in [0.2, 0.25) is 19.6 Å². The van der Waals surface area contributed by atoms with E-state index in [9.17, 15) is 4.79 Å². The van der Waals surface area contributed by atoms with Crippen LogP contribution in [0.1, 0.15) is 16.7 Å². The maximum Gasteiger partial charge on any atom is 0.334 e. The van der Waals surface area contributed by atoms with Crippen LogP contribution in [0.4, 0.5) is 0 Å². The minimum atomic E-state index is -1.69. The first-order chi connectivity index (χ1) is 8.12. The number of ether oxygens (including phenoxy) is 1. The quantitative estimate of drug-likeness (QED) is 0.357. The van der Waals surface area contributed by atoms with E-state index in [1.54, 1.807) is 0 Å². The van der Waals surface area contributed by atoms with Crippen molar-refractivity contribution in [2.45, 2.75) is 40.4 Å². The third kappa shape index (κ3) is 3.32. The van der Waals surface area contributed by atoms with Gasteiger partial charge in [-0.1, -0.05) is 43.9 Å². The van der Waals surface area contributed by atoms with Crippen molar-refractivity contribution < 1.29 is 9.53 Å². The Labute approximate surface area is 111 Å². The highest BCUT2D eigenvalue weighted by atomic mass is 28.3. The molecule has 0 N–H and O–H groups in total. The van der Waals surface area contributed by atoms with Gasteiger partial charge in [0.1, 0.15) is 5.75 Å². The van der Waals surface area contributed by atoms with Gasteiger partial charge >= 0.3 is 5.97 Å². The Kier molecular flexibility index (Phi) is 4.17. The number of esters is 1. The molecule has 1 aromatic rings. The highest BCUT2D eigenvalue weighted by molar-refractivity contribution is 6.86. The fourth-order valence-corrected chi connectivity index (χ4v) is 2.45. The van der Waals surface area contributed by atoms with E-state index in [1.807, 2.05) is 32.9 Å². The molecule has 0 unspecified atom stereocenters. The van der Waals surface area contributed by atoms with Crippen LogP contribution in [0.15, 0.2) is 23.9 Å². The fraction of sp³-hybridized carbons (Fsp3) is 0.400. The smallest absolute Gasteiger partial charge is 0.334 e. The average Bonchev–Trinajstić information content (AvgIpc) is 2.20. The Bertz CT molecular complexity index is 473. The Balaban J connectivity index is 3.00. The van der Waals surface area contributed by atoms with Crippen molar-refractivity contribution in [3.8, 4) is 5.75 Å². The zero-order valence-corrected chi connectivity index (χ0v) is 13.2. The molecule has 0 saturated carbocycles. The van der Waals surface area contributed by atoms with Gasteiger partial charge in [-0.25, -0.2) is 4.79 Å². The van der Waals surface area contributed by atoms with Gasteiger partial charge in [0, 0.05) is 5.20 Å². The van der Waals surface area contributed by atoms with E-state index in [0.29, 0.717) is 10.9 Å². The van der Waals surface area contributed by atoms with Crippen LogP contribution in [-0.4, -0.2) is 14.0 Å². The molecule has 0 aromatic heterocycles. The lowest BCUT2D eigenvalue weighted by atomic mass is 10.1. The predicted octanol–water partition coefficient (Wildman–Crippen LogP) is 3.95. The number of benzene rings is 1. The summed E-state index contributed by atoms with van der Waals surface area (Å²) in [6, 6.07) is 4.04. The second kappa shape index (κ2) is 5.10. The average molecular weight is 262 g/mol. The van der Waals surface area contributed by atoms with Crippen molar-refractivity contribution in [3.63, 3.8) is 0 Å². The molecule has 0 radical (unpaired) electrons. The monoisotopic (exact) mass is 262 g/mol. The lowest BCUT2D eigenvalue weighted by Gasteiger charge is -2.19. The zero-order valence-electron chi connectivity index (χ0n) is 12.2. The molecule has 0 heterocycles. The summed E-state index contributed by atoms with van der Waals surface area (Å²) in [7, 11) is -1.69. The van der Waals surface area contributed by atoms with Crippen LogP contribution < -0.4 is 4.74 Å². The summed E-state index contributed by atoms with van der Waals surface area (Å²) >= 11 is 0. The minimum Gasteiger partial charge on any atom is -0.423 e. The highest BCUT2D eigenvalue weighted by Gasteiger charge is 2.26. The molecule has 0 fully saturated rings. The summed E-state index contributed by atoms with van der Waals surface area (Å²) in [5, 5.41) is 0.627. The maximum atomic E-state index is 12.1. The lowest BCUT2D eigenvalue weighted by molar-refractivity contribution is -0.129. The molecule has 1 rings (SSSR count). The molecular weight excluding hydrogens is 240 g/mol. The Morgan fingerprint density at radius 3 is 1.94 bits per heavy atom. The van der Waals surface area contributed by atoms with Crippen LogP contribution in [0.25, 0.3) is 0 Å². The van der Waals surface area contributed by atoms with Crippen LogP contribution in [-0.2, 0) is 4.79 Å². The van der Waals surface area contributed by atoms with Crippen LogP contribution >= 0.6 is 0 Å². The van der Waals surface area contributed by atoms with Crippen molar-refractivity contribution >= 4 is 14.0 Å². The normalized spacial score (nSPS) is 11.2. The highest BCUT2D eigenvalue weighted by Crippen LogP contribution is 2.26. The first kappa shape index (κ1) is 14.7. The summed E-state index contributed by atoms with van der Waals surface area (Å²) in [5.41, 5.74) is 3.15. The van der Waals surface area contributed by atoms with Gasteiger partial charge in [0.25, 0.3) is 0 Å². The second-order valence-corrected chi connectivity index (χ2v) is 10.9. The molecule has 0 spiro atoms. The van der Waals surface area contributed by atoms with E-state index >= 15 is 0 Å². The lowest BCUT2D eigenvalue weighted by Crippen LogP contribution is -2.31. The summed E-state index contributed by atoms with van der Waals surface area (Å²) < 4.78 is 5.52. The molecule has 0 atom stereocenters. The number of hydrogen-bond donors (Lipinski definition) is 0. The number of aryl methyl sites for hydroxylation is 3. The Morgan fingerprint density at radius 2 is 1.56 bits per heavy atom. The minimum absolute atomic E-state index is 0.288. The summed E-state index contributed by atoms with van der Waals surface area (Å²) in [6.07, 6.45) is 0. The van der Waals surface area contributed by atoms with Gasteiger partial charge in [-0.15, -0.1) is 0 Å². The van der Waals surface area contributed by atoms with E-state index in [2.05, 4.69) is 26.2 Å². The second-order valence-electron chi connectivity index (χ2n) is 5.85. The standard InChI is InChI=1S/C15H22O2Si/c1-10-8-11(2)14(12(3)9-10)17-15(16)13(4)18(5,6)7/h8-9H,4H2,1-3,5-7H3. The fourth-order valence-electron chi connectivity index (χ4n) is 1.79. The molecule has 18 heavy (non-hydrogen) atoms. The topological polar surface area (TPSA) is 26.3 Å². The molecule has 0 amide bonds. The van der Waals surface area contributed by atoms with Crippen molar-refractivity contribution in [1.29, 1.82) is 0 Å². The van der Waals surface area contributed by atoms with E-state index < -0.39 is 8.07 Å². The molecule has 2 nitrogen and oxygen atoms in total. The van der Waals surface area contributed by atoms with E-state index in [1.165, 1.54) is 5.56 Å². The summed E-state index contributed by atoms with van der Waals surface area (Å²) in [6.45, 7) is 16.1. The van der Waals surface area contributed by atoms with Crippen molar-refractivity contribution in [3.05, 3.63) is 40.6 Å². The van der Waals surface area contributed by atoms with Crippen LogP contribution in [0, 0.1) is 20.8 Å². The van der Waals surface area contributed by atoms with E-state index in [-0.39, 0.29) is 5.97 Å². The molecule has 3 heteroatoms. The SMILES string of the molecule is C=C(C(=O)Oc1c(C)cc(C)cc1C)[Si](C)(C)C. The molecule has 0 aliphatic rings. The Hall–Kier alpha value is -1.35. The van der Waals surface area contributed by atoms with Gasteiger partial charge in [0.15, 0.2) is 0 Å². The molecule has 1 aromatic carbocycles. The molecule has 0 bridgehead atoms. The largest absolute Gasteiger partial charge is 0.423 e. The maximum absolute atomic E-state index is 12.1. The summed E-state index contributed by atoms with van der Waals surface area (Å²) in [4.78, 5) is 12.1. The van der Waals surface area contributed by atoms with Crippen molar-refractivity contribution in [2.75, 3.05) is 0 Å². The van der Waals surface area contributed by atoms with Gasteiger partial charge in [0.2, 0.25) is 0 Å². The Morgan fingerprint density at radius 1 is 1.11 bits per heavy atom. The number of carbonyl (C=O) groups excluding carboxylic acids is 1. The van der Waals surface area contributed by atoms with Gasteiger partial charge < -0.3 is 4.74 Å². The first-order valence-electron chi connectivity index (χ1n) is 6.12. The van der Waals surface area contributed by atoms with E-state index in [0.717, 1.165) is 11.1 Å². The molecule has 0 aliphatic heterocycles. The zero-order chi connectivity index (χ0) is 14.1. The van der Waals surface area contributed by atoms with Gasteiger partial charge in [-0.2, -0.15) is 0 Å². The number of carbonyl (C=O) groups is 1. The van der Waals surface area contributed by atoms with Gasteiger partial charge in [-0.05, 0) is 31.9 Å². The first-order valence-corrected chi connectivity index (χ1v) is 9.62. The molecule has 0 aliphatic carbocycles. The molecule has 0 saturated heterocycles. The van der Waals surface area contributed by atoms with Crippen molar-refractivity contribution in [2.24, 2.45) is 0 Å². The summed E-state index contributed by atoms with van der Waals surface area (Å²) in [5.74, 6) is 0.384. The molecule has 98 valence electrons. The van der Waals surface area contributed by atoms with Gasteiger partial charge in [0.05, 0.1) is 8.07 Å². The predicted molar refractivity (Wildman–Crippen MR) is 78.8 cm³/mol. The number of rotatable bonds is 3. The van der Waals surface area contributed by atoms with Gasteiger partial charge in [-0.3, -0.25) is 0 Å². The van der Waals surface area contributed by atoms with E-state index in [4.69, 9.17) is 4.74 Å².